The first-order valence-electron chi connectivity index (χ1n) is 42.2. The van der Waals surface area contributed by atoms with Crippen LogP contribution in [-0.2, 0) is 88.9 Å². The Labute approximate surface area is 828 Å². The number of anilines is 3. The number of thiophene rings is 2. The van der Waals surface area contributed by atoms with Gasteiger partial charge in [0.05, 0.1) is 92.4 Å². The molecule has 10 aromatic carbocycles. The highest BCUT2D eigenvalue weighted by Gasteiger charge is 2.45. The van der Waals surface area contributed by atoms with E-state index in [2.05, 4.69) is 36.8 Å². The van der Waals surface area contributed by atoms with Crippen LogP contribution >= 0.6 is 101 Å². The van der Waals surface area contributed by atoms with Crippen LogP contribution in [0.2, 0.25) is 20.1 Å². The van der Waals surface area contributed by atoms with Crippen molar-refractivity contribution in [3.63, 3.8) is 0 Å². The Kier molecular flexibility index (Phi) is 26.0. The van der Waals surface area contributed by atoms with E-state index in [0.29, 0.717) is 94.1 Å². The third-order valence-electron chi connectivity index (χ3n) is 23.9. The average Bonchev–Trinajstić information content (AvgIpc) is 1.57. The van der Waals surface area contributed by atoms with E-state index in [9.17, 15) is 94.4 Å². The van der Waals surface area contributed by atoms with Gasteiger partial charge in [-0.3, -0.25) is 38.4 Å². The summed E-state index contributed by atoms with van der Waals surface area (Å²) >= 11 is 34.3. The SMILES string of the molecule is CS(=O)(=O)NC(=O)c1c(-n2c(=O)[nH]c3cscc3c2=O)c2cc(C(F)(F)F)ccc2n1Cc1ccccc1Br.O=C(O)c1c(N2C(=O)Cc3ccc(Br)cc3C2=O)c2cc(Cl)ccc2n1Cc1ccccc1.O=C(O)c1c(N2C(=O)Cc3ccc(Cl)cc3C2=O)c2cc(Cl)ccc2n1Cc1ccccc1.O=C(O)c1c(N2C(=O)Cc3sc4c(c3C2=O)CCC4)c2cc(Cl)ccc2n1Cc1ccccc1. The van der Waals surface area contributed by atoms with Crippen LogP contribution in [0.1, 0.15) is 134 Å². The Morgan fingerprint density at radius 3 is 1.36 bits per heavy atom. The molecule has 0 atom stereocenters. The number of benzene rings is 10. The fourth-order valence-electron chi connectivity index (χ4n) is 18.1. The molecule has 0 bridgehead atoms. The largest absolute Gasteiger partial charge is 0.477 e. The van der Waals surface area contributed by atoms with Gasteiger partial charge in [-0.2, -0.15) is 13.2 Å². The molecule has 39 heteroatoms. The molecule has 0 radical (unpaired) electrons. The Balaban J connectivity index is 0.000000123. The summed E-state index contributed by atoms with van der Waals surface area (Å²) in [5.41, 5.74) is 4.36. The second-order valence-corrected chi connectivity index (χ2v) is 39.9. The van der Waals surface area contributed by atoms with E-state index in [0.717, 1.165) is 96.9 Å². The first-order valence-corrected chi connectivity index (χ1v) is 48.9. The fourth-order valence-corrected chi connectivity index (χ4v) is 22.1. The lowest BCUT2D eigenvalue weighted by Crippen LogP contribution is -2.43. The van der Waals surface area contributed by atoms with Crippen molar-refractivity contribution >= 4 is 242 Å². The minimum Gasteiger partial charge on any atom is -0.477 e. The Hall–Kier alpha value is -14.1. The number of carbonyl (C=O) groups is 10. The predicted molar refractivity (Wildman–Crippen MR) is 531 cm³/mol. The van der Waals surface area contributed by atoms with Crippen LogP contribution in [0.3, 0.4) is 0 Å². The lowest BCUT2D eigenvalue weighted by atomic mass is 9.97. The molecule has 4 aliphatic rings. The first-order chi connectivity index (χ1) is 66.4. The number of rotatable bonds is 17. The fraction of sp³-hybridized carbons (Fsp3) is 0.120. The number of carboxylic acids is 3. The Morgan fingerprint density at radius 1 is 0.460 bits per heavy atom. The van der Waals surface area contributed by atoms with Crippen LogP contribution in [0.15, 0.2) is 254 Å². The van der Waals surface area contributed by atoms with Crippen LogP contribution in [0.5, 0.6) is 0 Å². The first kappa shape index (κ1) is 95.2. The number of sulfonamides is 1. The van der Waals surface area contributed by atoms with Crippen molar-refractivity contribution in [1.29, 1.82) is 0 Å². The normalized spacial score (nSPS) is 13.6. The van der Waals surface area contributed by atoms with Gasteiger partial charge >= 0.3 is 29.8 Å². The number of amides is 7. The number of aromatic nitrogens is 6. The summed E-state index contributed by atoms with van der Waals surface area (Å²) in [6.07, 6.45) is -1.33. The number of hydrogen-bond acceptors (Lipinski definition) is 16. The number of H-pyrrole nitrogens is 1. The summed E-state index contributed by atoms with van der Waals surface area (Å²) in [5.74, 6) is -7.99. The smallest absolute Gasteiger partial charge is 0.416 e. The molecule has 27 nitrogen and oxygen atoms in total. The topological polar surface area (TPSA) is 362 Å². The van der Waals surface area contributed by atoms with Crippen molar-refractivity contribution < 1.29 is 84.9 Å². The molecular weight excluding hydrogens is 2070 g/mol. The van der Waals surface area contributed by atoms with Crippen LogP contribution in [0.4, 0.5) is 30.2 Å². The number of nitrogens with zero attached hydrogens (tertiary/aromatic N) is 8. The third kappa shape index (κ3) is 18.2. The molecule has 0 saturated heterocycles. The number of nitrogens with one attached hydrogen (secondary N) is 2. The number of aromatic amines is 1. The van der Waals surface area contributed by atoms with Gasteiger partial charge in [0.1, 0.15) is 5.69 Å². The molecule has 7 amide bonds. The van der Waals surface area contributed by atoms with E-state index in [-0.39, 0.29) is 107 Å². The molecule has 0 fully saturated rings. The third-order valence-corrected chi connectivity index (χ3v) is 28.7. The van der Waals surface area contributed by atoms with Crippen molar-refractivity contribution in [1.82, 2.24) is 32.5 Å². The number of hydrogen-bond donors (Lipinski definition) is 5. The number of halogens is 9. The molecule has 139 heavy (non-hydrogen) atoms. The zero-order valence-electron chi connectivity index (χ0n) is 71.8. The number of imide groups is 3. The summed E-state index contributed by atoms with van der Waals surface area (Å²) < 4.78 is 75.1. The zero-order chi connectivity index (χ0) is 98.4. The number of alkyl halides is 3. The summed E-state index contributed by atoms with van der Waals surface area (Å²) in [6.45, 7) is 0.636. The van der Waals surface area contributed by atoms with Gasteiger partial charge in [0.25, 0.3) is 29.2 Å². The van der Waals surface area contributed by atoms with E-state index in [1.807, 2.05) is 95.7 Å². The van der Waals surface area contributed by atoms with Gasteiger partial charge in [0, 0.05) is 108 Å². The minimum absolute atomic E-state index is 0.0107. The molecule has 0 unspecified atom stereocenters. The average molecular weight is 2140 g/mol. The zero-order valence-corrected chi connectivity index (χ0v) is 80.5. The highest BCUT2D eigenvalue weighted by atomic mass is 79.9. The molecule has 0 spiro atoms. The highest BCUT2D eigenvalue weighted by Crippen LogP contribution is 2.47. The monoisotopic (exact) mass is 2130 g/mol. The van der Waals surface area contributed by atoms with Crippen LogP contribution in [-0.4, -0.2) is 117 Å². The quantitative estimate of drug-likeness (QED) is 0.0529. The molecule has 10 heterocycles. The van der Waals surface area contributed by atoms with Crippen molar-refractivity contribution in [2.45, 2.75) is 70.9 Å². The van der Waals surface area contributed by atoms with E-state index in [4.69, 9.17) is 46.4 Å². The standard InChI is InChI=1S/C26H19ClN2O4S.C25H16BrClN2O4.C25H16Cl2N2O4.C24H16BrF3N4O5S2/c27-15-9-10-18-17(11-15)23(24(26(32)33)28(18)13-14-5-2-1-3-6-14)29-21(30)12-20-22(25(29)31)16-7-4-8-19(16)34-20;2*26-16-7-6-15-10-21(30)29(24(31)18(15)11-16)22-19-12-17(27)8-9-20(19)28(23(22)25(32)33)13-14-4-2-1-3-5-14;1-39(36,37)30-21(33)20-19(32-22(34)15-10-38-11-17(15)29-23(32)35)14-8-13(24(26,27)28)6-7-18(14)31(20)9-12-4-2-3-5-16(12)25/h1-3,5-6,9-11H,4,7-8,12-13H2,(H,32,33);2*1-9,11-12H,10,13H2,(H,32,33);2-8,10-11H,9H2,1H3,(H,29,35)(H,30,33). The summed E-state index contributed by atoms with van der Waals surface area (Å²) in [4.78, 5) is 166. The molecule has 1 aliphatic carbocycles. The van der Waals surface area contributed by atoms with Gasteiger partial charge in [-0.25, -0.2) is 51.6 Å². The Morgan fingerprint density at radius 2 is 0.885 bits per heavy atom. The maximum absolute atomic E-state index is 13.8. The second-order valence-electron chi connectivity index (χ2n) is 32.7. The van der Waals surface area contributed by atoms with E-state index in [1.165, 1.54) is 26.3 Å². The number of carboxylic acid groups (broad SMARTS) is 3. The summed E-state index contributed by atoms with van der Waals surface area (Å²) in [5, 5.41) is 36.3. The van der Waals surface area contributed by atoms with E-state index < -0.39 is 104 Å². The molecule has 5 N–H and O–H groups in total. The summed E-state index contributed by atoms with van der Waals surface area (Å²) in [6, 6.07) is 62.5. The maximum atomic E-state index is 13.8. The van der Waals surface area contributed by atoms with Crippen molar-refractivity contribution in [3.8, 4) is 5.69 Å². The number of carbonyl (C=O) groups excluding carboxylic acids is 7. The molecule has 0 saturated carbocycles. The molecule has 700 valence electrons. The lowest BCUT2D eigenvalue weighted by Gasteiger charge is -2.27. The van der Waals surface area contributed by atoms with Crippen molar-refractivity contribution in [3.05, 3.63) is 379 Å². The molecule has 3 aliphatic heterocycles. The minimum atomic E-state index is -4.79. The van der Waals surface area contributed by atoms with E-state index in [1.54, 1.807) is 134 Å². The van der Waals surface area contributed by atoms with Crippen LogP contribution in [0, 0.1) is 0 Å². The lowest BCUT2D eigenvalue weighted by molar-refractivity contribution is -0.137. The van der Waals surface area contributed by atoms with Crippen LogP contribution in [0.25, 0.3) is 60.2 Å². The molecular formula is C100H67Br2Cl4F3N10O17S3. The van der Waals surface area contributed by atoms with Gasteiger partial charge in [-0.1, -0.05) is 200 Å². The van der Waals surface area contributed by atoms with Gasteiger partial charge in [-0.05, 0) is 161 Å². The number of aromatic carboxylic acids is 3. The predicted octanol–water partition coefficient (Wildman–Crippen LogP) is 20.5. The molecule has 7 aromatic heterocycles. The van der Waals surface area contributed by atoms with Gasteiger partial charge < -0.3 is 38.6 Å². The Bertz CT molecular complexity index is 8180. The van der Waals surface area contributed by atoms with Gasteiger partial charge in [-0.15, -0.1) is 22.7 Å². The van der Waals surface area contributed by atoms with Crippen molar-refractivity contribution in [2.24, 2.45) is 0 Å². The van der Waals surface area contributed by atoms with Crippen molar-refractivity contribution in [2.75, 3.05) is 21.0 Å². The highest BCUT2D eigenvalue weighted by molar-refractivity contribution is 9.10. The second kappa shape index (κ2) is 38.0. The van der Waals surface area contributed by atoms with E-state index >= 15 is 0 Å². The van der Waals surface area contributed by atoms with Crippen LogP contribution < -0.4 is 30.7 Å². The summed E-state index contributed by atoms with van der Waals surface area (Å²) in [7, 11) is -4.16. The maximum Gasteiger partial charge on any atom is 0.416 e. The van der Waals surface area contributed by atoms with Gasteiger partial charge in [0.2, 0.25) is 27.7 Å². The van der Waals surface area contributed by atoms with Gasteiger partial charge in [0.15, 0.2) is 17.1 Å². The number of aryl methyl sites for hydroxylation is 1. The molecule has 17 aromatic rings. The molecule has 21 rings (SSSR count). The number of fused-ring (bicyclic) bond motifs is 10.